The summed E-state index contributed by atoms with van der Waals surface area (Å²) in [7, 11) is 1.25. The highest BCUT2D eigenvalue weighted by Crippen LogP contribution is 2.38. The van der Waals surface area contributed by atoms with Crippen molar-refractivity contribution in [3.63, 3.8) is 0 Å². The van der Waals surface area contributed by atoms with E-state index in [1.807, 2.05) is 27.2 Å². The average molecular weight is 1080 g/mol. The molecule has 0 heterocycles. The summed E-state index contributed by atoms with van der Waals surface area (Å²) in [6, 6.07) is -0.903. The molecule has 0 aliphatic carbocycles. The van der Waals surface area contributed by atoms with Gasteiger partial charge in [0.05, 0.1) is 39.9 Å². The standard InChI is InChI=1S/C66H127N2O6P/c1-6-8-10-12-14-16-18-20-22-24-26-28-29-30-31-32-33-34-35-36-37-38-39-40-42-44-46-48-50-52-54-56-58-60-66(70)67-64(63-74-75(71,72)73-62-61-68(3,4)5)65(69)59-57-55-53-51-49-47-45-43-41-27-25-23-21-19-17-15-13-11-9-7-2/h18,20,24,26,49,51,57,59,64-65,69H,6-17,19,21-23,25,27-48,50,52-56,58,60-63H2,1-5H3,(H-,67,70,71,72)/b20-18-,26-24-,51-49+,59-57+. The van der Waals surface area contributed by atoms with Crippen molar-refractivity contribution in [2.45, 2.75) is 328 Å². The Labute approximate surface area is 467 Å². The Morgan fingerprint density at radius 2 is 0.787 bits per heavy atom. The molecule has 75 heavy (non-hydrogen) atoms. The Bertz CT molecular complexity index is 1360. The number of nitrogens with one attached hydrogen (secondary N) is 1. The van der Waals surface area contributed by atoms with Gasteiger partial charge in [-0.25, -0.2) is 0 Å². The number of carbonyl (C=O) groups excluding carboxylic acids is 1. The highest BCUT2D eigenvalue weighted by Gasteiger charge is 2.23. The van der Waals surface area contributed by atoms with Gasteiger partial charge in [-0.15, -0.1) is 0 Å². The fourth-order valence-corrected chi connectivity index (χ4v) is 10.4. The van der Waals surface area contributed by atoms with Crippen LogP contribution in [0.3, 0.4) is 0 Å². The van der Waals surface area contributed by atoms with E-state index in [0.717, 1.165) is 44.9 Å². The number of hydrogen-bond acceptors (Lipinski definition) is 6. The lowest BCUT2D eigenvalue weighted by Gasteiger charge is -2.29. The molecule has 1 amide bonds. The van der Waals surface area contributed by atoms with Gasteiger partial charge in [-0.2, -0.15) is 0 Å². The third kappa shape index (κ3) is 60.0. The van der Waals surface area contributed by atoms with E-state index >= 15 is 0 Å². The minimum atomic E-state index is -4.61. The van der Waals surface area contributed by atoms with Crippen molar-refractivity contribution in [1.82, 2.24) is 5.32 Å². The van der Waals surface area contributed by atoms with Gasteiger partial charge in [-0.05, 0) is 64.2 Å². The Balaban J connectivity index is 4.07. The number of nitrogens with zero attached hydrogens (tertiary/aromatic N) is 1. The third-order valence-electron chi connectivity index (χ3n) is 14.8. The minimum absolute atomic E-state index is 0.00531. The van der Waals surface area contributed by atoms with Crippen molar-refractivity contribution < 1.29 is 32.9 Å². The number of allylic oxidation sites excluding steroid dienone is 7. The first-order valence-corrected chi connectivity index (χ1v) is 34.0. The SMILES string of the molecule is CCCCCCC/C=C\C/C=C\CCCCCCCCCCCCCCCCCCCCCCCC(=O)NC(COP(=O)([O-])OCC[N+](C)(C)C)C(O)/C=C/CC/C=C/CCCCCCCCCCCCCCCC. The molecule has 0 aromatic rings. The zero-order chi connectivity index (χ0) is 54.9. The number of phosphoric ester groups is 1. The molecule has 0 aliphatic heterocycles. The normalized spacial score (nSPS) is 14.1. The van der Waals surface area contributed by atoms with Crippen LogP contribution in [-0.2, 0) is 18.4 Å². The lowest BCUT2D eigenvalue weighted by molar-refractivity contribution is -0.870. The van der Waals surface area contributed by atoms with Crippen molar-refractivity contribution in [2.24, 2.45) is 0 Å². The second-order valence-corrected chi connectivity index (χ2v) is 24.9. The van der Waals surface area contributed by atoms with Gasteiger partial charge < -0.3 is 28.8 Å². The van der Waals surface area contributed by atoms with Crippen molar-refractivity contribution in [3.8, 4) is 0 Å². The molecule has 9 heteroatoms. The van der Waals surface area contributed by atoms with Gasteiger partial charge in [0.15, 0.2) is 0 Å². The predicted octanol–water partition coefficient (Wildman–Crippen LogP) is 19.6. The van der Waals surface area contributed by atoms with Crippen molar-refractivity contribution in [3.05, 3.63) is 48.6 Å². The number of aliphatic hydroxyl groups excluding tert-OH is 1. The van der Waals surface area contributed by atoms with Crippen LogP contribution in [0.15, 0.2) is 48.6 Å². The lowest BCUT2D eigenvalue weighted by atomic mass is 10.0. The Morgan fingerprint density at radius 3 is 1.16 bits per heavy atom. The topological polar surface area (TPSA) is 108 Å². The smallest absolute Gasteiger partial charge is 0.268 e. The molecule has 442 valence electrons. The van der Waals surface area contributed by atoms with Gasteiger partial charge in [0, 0.05) is 6.42 Å². The van der Waals surface area contributed by atoms with Crippen LogP contribution in [0.2, 0.25) is 0 Å². The van der Waals surface area contributed by atoms with Crippen molar-refractivity contribution in [1.29, 1.82) is 0 Å². The van der Waals surface area contributed by atoms with Crippen LogP contribution in [-0.4, -0.2) is 68.5 Å². The lowest BCUT2D eigenvalue weighted by Crippen LogP contribution is -2.45. The van der Waals surface area contributed by atoms with Crippen LogP contribution < -0.4 is 10.2 Å². The summed E-state index contributed by atoms with van der Waals surface area (Å²) in [5.74, 6) is -0.202. The van der Waals surface area contributed by atoms with E-state index in [1.54, 1.807) is 6.08 Å². The van der Waals surface area contributed by atoms with Gasteiger partial charge in [0.2, 0.25) is 5.91 Å². The fraction of sp³-hybridized carbons (Fsp3) is 0.864. The Morgan fingerprint density at radius 1 is 0.467 bits per heavy atom. The number of aliphatic hydroxyl groups is 1. The van der Waals surface area contributed by atoms with E-state index in [-0.39, 0.29) is 19.1 Å². The van der Waals surface area contributed by atoms with E-state index in [0.29, 0.717) is 17.4 Å². The fourth-order valence-electron chi connectivity index (χ4n) is 9.67. The molecule has 0 aromatic carbocycles. The molecular weight excluding hydrogens is 948 g/mol. The number of hydrogen-bond donors (Lipinski definition) is 2. The van der Waals surface area contributed by atoms with Gasteiger partial charge in [-0.1, -0.05) is 294 Å². The molecule has 0 saturated carbocycles. The van der Waals surface area contributed by atoms with Gasteiger partial charge in [0.1, 0.15) is 13.2 Å². The number of rotatable bonds is 60. The summed E-state index contributed by atoms with van der Waals surface area (Å²) in [5.41, 5.74) is 0. The molecule has 0 radical (unpaired) electrons. The number of carbonyl (C=O) groups is 1. The maximum atomic E-state index is 13.0. The molecule has 8 nitrogen and oxygen atoms in total. The second kappa shape index (κ2) is 57.2. The number of amides is 1. The second-order valence-electron chi connectivity index (χ2n) is 23.5. The molecule has 0 fully saturated rings. The molecule has 0 spiro atoms. The third-order valence-corrected chi connectivity index (χ3v) is 15.7. The summed E-state index contributed by atoms with van der Waals surface area (Å²) in [4.78, 5) is 25.6. The maximum Gasteiger partial charge on any atom is 0.268 e. The highest BCUT2D eigenvalue weighted by atomic mass is 31.2. The van der Waals surface area contributed by atoms with E-state index in [1.165, 1.54) is 250 Å². The van der Waals surface area contributed by atoms with Crippen LogP contribution in [0.5, 0.6) is 0 Å². The molecular formula is C66H127N2O6P. The summed E-state index contributed by atoms with van der Waals surface area (Å²) in [6.07, 6.45) is 76.5. The molecule has 3 atom stereocenters. The molecule has 0 rings (SSSR count). The van der Waals surface area contributed by atoms with Crippen molar-refractivity contribution >= 4 is 13.7 Å². The van der Waals surface area contributed by atoms with E-state index in [9.17, 15) is 19.4 Å². The number of unbranched alkanes of at least 4 members (excludes halogenated alkanes) is 41. The highest BCUT2D eigenvalue weighted by molar-refractivity contribution is 7.45. The summed E-state index contributed by atoms with van der Waals surface area (Å²) in [6.45, 7) is 4.66. The summed E-state index contributed by atoms with van der Waals surface area (Å²) in [5, 5.41) is 13.9. The van der Waals surface area contributed by atoms with Gasteiger partial charge >= 0.3 is 0 Å². The first-order chi connectivity index (χ1) is 36.5. The van der Waals surface area contributed by atoms with Crippen molar-refractivity contribution in [2.75, 3.05) is 40.9 Å². The molecule has 2 N–H and O–H groups in total. The Kier molecular flexibility index (Phi) is 56.0. The minimum Gasteiger partial charge on any atom is -0.756 e. The molecule has 0 saturated heterocycles. The zero-order valence-electron chi connectivity index (χ0n) is 50.5. The van der Waals surface area contributed by atoms with Gasteiger partial charge in [0.25, 0.3) is 7.82 Å². The van der Waals surface area contributed by atoms with Crippen LogP contribution in [0.4, 0.5) is 0 Å². The monoisotopic (exact) mass is 1070 g/mol. The van der Waals surface area contributed by atoms with Crippen LogP contribution in [0.1, 0.15) is 316 Å². The first kappa shape index (κ1) is 73.5. The van der Waals surface area contributed by atoms with E-state index in [4.69, 9.17) is 9.05 Å². The maximum absolute atomic E-state index is 13.0. The number of likely N-dealkylation sites (N-methyl/N-ethyl adjacent to an activating group) is 1. The average Bonchev–Trinajstić information content (AvgIpc) is 3.37. The molecule has 3 unspecified atom stereocenters. The Hall–Kier alpha value is -1.54. The van der Waals surface area contributed by atoms with Crippen LogP contribution in [0, 0.1) is 0 Å². The predicted molar refractivity (Wildman–Crippen MR) is 325 cm³/mol. The van der Waals surface area contributed by atoms with E-state index < -0.39 is 20.0 Å². The van der Waals surface area contributed by atoms with Gasteiger partial charge in [-0.3, -0.25) is 9.36 Å². The molecule has 0 bridgehead atoms. The van der Waals surface area contributed by atoms with E-state index in [2.05, 4.69) is 55.6 Å². The summed E-state index contributed by atoms with van der Waals surface area (Å²) < 4.78 is 23.4. The number of phosphoric acid groups is 1. The molecule has 0 aliphatic rings. The van der Waals surface area contributed by atoms with Crippen LogP contribution >= 0.6 is 7.82 Å². The zero-order valence-corrected chi connectivity index (χ0v) is 51.4. The quantitative estimate of drug-likeness (QED) is 0.0272. The van der Waals surface area contributed by atoms with Crippen LogP contribution in [0.25, 0.3) is 0 Å². The summed E-state index contributed by atoms with van der Waals surface area (Å²) >= 11 is 0. The number of quaternary nitrogens is 1. The first-order valence-electron chi connectivity index (χ1n) is 32.5. The largest absolute Gasteiger partial charge is 0.756 e. The molecule has 0 aromatic heterocycles.